The van der Waals surface area contributed by atoms with E-state index in [4.69, 9.17) is 5.73 Å². The first-order chi connectivity index (χ1) is 10.1. The Balaban J connectivity index is 2.18. The van der Waals surface area contributed by atoms with Crippen molar-refractivity contribution in [3.63, 3.8) is 0 Å². The summed E-state index contributed by atoms with van der Waals surface area (Å²) in [7, 11) is 0. The molecule has 0 radical (unpaired) electrons. The fourth-order valence-corrected chi connectivity index (χ4v) is 2.29. The zero-order valence-electron chi connectivity index (χ0n) is 12.4. The molecule has 108 valence electrons. The maximum Gasteiger partial charge on any atom is 0.223 e. The molecule has 0 aliphatic heterocycles. The number of hydrogen-bond acceptors (Lipinski definition) is 5. The van der Waals surface area contributed by atoms with Crippen molar-refractivity contribution in [3.05, 3.63) is 35.7 Å². The molecule has 21 heavy (non-hydrogen) atoms. The summed E-state index contributed by atoms with van der Waals surface area (Å²) in [6.45, 7) is 6.96. The number of rotatable bonds is 3. The Morgan fingerprint density at radius 2 is 1.90 bits per heavy atom. The average Bonchev–Trinajstić information content (AvgIpc) is 2.82. The van der Waals surface area contributed by atoms with Crippen molar-refractivity contribution in [2.24, 2.45) is 0 Å². The predicted octanol–water partition coefficient (Wildman–Crippen LogP) is 2.45. The number of anilines is 2. The van der Waals surface area contributed by atoms with Gasteiger partial charge >= 0.3 is 0 Å². The smallest absolute Gasteiger partial charge is 0.223 e. The first-order valence-corrected chi connectivity index (χ1v) is 6.91. The summed E-state index contributed by atoms with van der Waals surface area (Å²) in [6, 6.07) is 6.07. The summed E-state index contributed by atoms with van der Waals surface area (Å²) in [4.78, 5) is 12.9. The minimum atomic E-state index is 0.245. The first kappa shape index (κ1) is 13.4. The molecule has 0 spiro atoms. The van der Waals surface area contributed by atoms with Crippen LogP contribution in [-0.4, -0.2) is 26.1 Å². The van der Waals surface area contributed by atoms with Crippen LogP contribution in [0.4, 0.5) is 11.8 Å². The van der Waals surface area contributed by atoms with Gasteiger partial charge in [-0.3, -0.25) is 4.57 Å². The fourth-order valence-electron chi connectivity index (χ4n) is 2.29. The molecule has 0 amide bonds. The fraction of sp³-hybridized carbons (Fsp3) is 0.267. The molecule has 3 rings (SSSR count). The van der Waals surface area contributed by atoms with E-state index >= 15 is 0 Å². The summed E-state index contributed by atoms with van der Waals surface area (Å²) in [5.74, 6) is 1.67. The Labute approximate surface area is 123 Å². The maximum absolute atomic E-state index is 5.80. The second kappa shape index (κ2) is 5.05. The highest BCUT2D eigenvalue weighted by atomic mass is 15.2. The van der Waals surface area contributed by atoms with Crippen molar-refractivity contribution in [3.8, 4) is 5.82 Å². The van der Waals surface area contributed by atoms with Gasteiger partial charge in [0, 0.05) is 12.6 Å². The van der Waals surface area contributed by atoms with Crippen LogP contribution in [0.2, 0.25) is 0 Å². The molecule has 0 fully saturated rings. The number of aromatic nitrogens is 4. The van der Waals surface area contributed by atoms with Crippen molar-refractivity contribution in [2.75, 3.05) is 17.6 Å². The molecule has 3 N–H and O–H groups in total. The summed E-state index contributed by atoms with van der Waals surface area (Å²) >= 11 is 0. The van der Waals surface area contributed by atoms with Crippen LogP contribution in [0.5, 0.6) is 0 Å². The molecule has 0 aliphatic carbocycles. The Morgan fingerprint density at radius 3 is 2.67 bits per heavy atom. The summed E-state index contributed by atoms with van der Waals surface area (Å²) in [5.41, 5.74) is 10.2. The first-order valence-electron chi connectivity index (χ1n) is 6.91. The molecule has 0 saturated heterocycles. The number of benzene rings is 1. The lowest BCUT2D eigenvalue weighted by Crippen LogP contribution is -2.07. The number of imidazole rings is 1. The van der Waals surface area contributed by atoms with Gasteiger partial charge in [-0.15, -0.1) is 0 Å². The number of fused-ring (bicyclic) bond motifs is 1. The van der Waals surface area contributed by atoms with Gasteiger partial charge in [0.15, 0.2) is 0 Å². The van der Waals surface area contributed by atoms with E-state index in [-0.39, 0.29) is 5.95 Å². The molecule has 0 atom stereocenters. The van der Waals surface area contributed by atoms with Crippen molar-refractivity contribution in [1.82, 2.24) is 19.5 Å². The van der Waals surface area contributed by atoms with Crippen molar-refractivity contribution in [2.45, 2.75) is 20.8 Å². The van der Waals surface area contributed by atoms with Gasteiger partial charge in [0.1, 0.15) is 18.0 Å². The molecule has 3 aromatic rings. The SMILES string of the molecule is CCNc1cc(-n2cnc3cc(C)c(C)cc32)nc(N)n1. The third-order valence-electron chi connectivity index (χ3n) is 3.50. The maximum atomic E-state index is 5.80. The van der Waals surface area contributed by atoms with E-state index in [0.29, 0.717) is 11.6 Å². The number of nitrogens with zero attached hydrogens (tertiary/aromatic N) is 4. The van der Waals surface area contributed by atoms with Crippen LogP contribution in [0.3, 0.4) is 0 Å². The Morgan fingerprint density at radius 1 is 1.14 bits per heavy atom. The van der Waals surface area contributed by atoms with Crippen LogP contribution in [0, 0.1) is 13.8 Å². The standard InChI is InChI=1S/C15H18N6/c1-4-17-13-7-14(20-15(16)19-13)21-8-18-11-5-9(2)10(3)6-12(11)21/h5-8H,4H2,1-3H3,(H3,16,17,19,20). The van der Waals surface area contributed by atoms with Crippen molar-refractivity contribution >= 4 is 22.8 Å². The molecule has 2 heterocycles. The van der Waals surface area contributed by atoms with Gasteiger partial charge in [0.25, 0.3) is 0 Å². The van der Waals surface area contributed by atoms with E-state index in [9.17, 15) is 0 Å². The third-order valence-corrected chi connectivity index (χ3v) is 3.50. The number of nitrogens with two attached hydrogens (primary N) is 1. The highest BCUT2D eigenvalue weighted by molar-refractivity contribution is 5.79. The Hall–Kier alpha value is -2.63. The molecular formula is C15H18N6. The molecule has 6 nitrogen and oxygen atoms in total. The Bertz CT molecular complexity index is 805. The zero-order valence-corrected chi connectivity index (χ0v) is 12.4. The molecular weight excluding hydrogens is 264 g/mol. The molecule has 2 aromatic heterocycles. The normalized spacial score (nSPS) is 11.0. The van der Waals surface area contributed by atoms with E-state index in [2.05, 4.69) is 46.2 Å². The van der Waals surface area contributed by atoms with Gasteiger partial charge < -0.3 is 11.1 Å². The average molecular weight is 282 g/mol. The minimum absolute atomic E-state index is 0.245. The summed E-state index contributed by atoms with van der Waals surface area (Å²) in [5, 5.41) is 3.15. The zero-order chi connectivity index (χ0) is 15.0. The molecule has 0 unspecified atom stereocenters. The van der Waals surface area contributed by atoms with Crippen LogP contribution in [-0.2, 0) is 0 Å². The quantitative estimate of drug-likeness (QED) is 0.771. The lowest BCUT2D eigenvalue weighted by Gasteiger charge is -2.08. The summed E-state index contributed by atoms with van der Waals surface area (Å²) < 4.78 is 1.93. The van der Waals surface area contributed by atoms with Crippen LogP contribution >= 0.6 is 0 Å². The molecule has 1 aromatic carbocycles. The van der Waals surface area contributed by atoms with E-state index in [1.54, 1.807) is 6.33 Å². The van der Waals surface area contributed by atoms with E-state index in [1.165, 1.54) is 11.1 Å². The second-order valence-corrected chi connectivity index (χ2v) is 5.04. The van der Waals surface area contributed by atoms with Crippen LogP contribution in [0.25, 0.3) is 16.9 Å². The molecule has 0 bridgehead atoms. The van der Waals surface area contributed by atoms with Crippen LogP contribution in [0.15, 0.2) is 24.5 Å². The van der Waals surface area contributed by atoms with Gasteiger partial charge in [0.2, 0.25) is 5.95 Å². The van der Waals surface area contributed by atoms with Gasteiger partial charge in [-0.2, -0.15) is 9.97 Å². The van der Waals surface area contributed by atoms with Gasteiger partial charge in [0.05, 0.1) is 11.0 Å². The number of nitrogen functional groups attached to an aromatic ring is 1. The van der Waals surface area contributed by atoms with Crippen molar-refractivity contribution < 1.29 is 0 Å². The molecule has 6 heteroatoms. The topological polar surface area (TPSA) is 81.7 Å². The molecule has 0 saturated carbocycles. The predicted molar refractivity (Wildman–Crippen MR) is 84.7 cm³/mol. The molecule has 0 aliphatic rings. The monoisotopic (exact) mass is 282 g/mol. The lowest BCUT2D eigenvalue weighted by molar-refractivity contribution is 0.998. The number of nitrogens with one attached hydrogen (secondary N) is 1. The van der Waals surface area contributed by atoms with Crippen LogP contribution in [0.1, 0.15) is 18.1 Å². The summed E-state index contributed by atoms with van der Waals surface area (Å²) in [6.07, 6.45) is 1.76. The highest BCUT2D eigenvalue weighted by Crippen LogP contribution is 2.22. The number of hydrogen-bond donors (Lipinski definition) is 2. The highest BCUT2D eigenvalue weighted by Gasteiger charge is 2.09. The van der Waals surface area contributed by atoms with Crippen LogP contribution < -0.4 is 11.1 Å². The second-order valence-electron chi connectivity index (χ2n) is 5.04. The number of aryl methyl sites for hydroxylation is 2. The minimum Gasteiger partial charge on any atom is -0.370 e. The van der Waals surface area contributed by atoms with E-state index in [0.717, 1.165) is 17.6 Å². The third kappa shape index (κ3) is 2.40. The van der Waals surface area contributed by atoms with Crippen molar-refractivity contribution in [1.29, 1.82) is 0 Å². The van der Waals surface area contributed by atoms with E-state index in [1.807, 2.05) is 17.6 Å². The lowest BCUT2D eigenvalue weighted by atomic mass is 10.1. The van der Waals surface area contributed by atoms with Gasteiger partial charge in [-0.05, 0) is 44.0 Å². The van der Waals surface area contributed by atoms with E-state index < -0.39 is 0 Å². The van der Waals surface area contributed by atoms with Gasteiger partial charge in [-0.1, -0.05) is 0 Å². The Kier molecular flexibility index (Phi) is 3.21. The van der Waals surface area contributed by atoms with Gasteiger partial charge in [-0.25, -0.2) is 4.98 Å². The largest absolute Gasteiger partial charge is 0.370 e.